The molecule has 0 aliphatic rings. The fourth-order valence-electron chi connectivity index (χ4n) is 1.79. The molecule has 0 bridgehead atoms. The summed E-state index contributed by atoms with van der Waals surface area (Å²) in [5.74, 6) is -0.400. The number of rotatable bonds is 4. The van der Waals surface area contributed by atoms with Gasteiger partial charge < -0.3 is 9.73 Å². The van der Waals surface area contributed by atoms with E-state index in [4.69, 9.17) is 4.42 Å². The largest absolute Gasteiger partial charge is 0.452 e. The molecule has 2 aromatic rings. The van der Waals surface area contributed by atoms with Crippen molar-refractivity contribution in [3.05, 3.63) is 58.0 Å². The summed E-state index contributed by atoms with van der Waals surface area (Å²) in [6, 6.07) is 6.34. The van der Waals surface area contributed by atoms with Crippen LogP contribution < -0.4 is 5.32 Å². The standard InChI is InChI=1S/C13H12BrF2NO/c1-2-17-13(11-5-6-12(14)18-11)9-7-8(15)3-4-10(9)16/h3-7,13,17H,2H2,1H3. The zero-order valence-electron chi connectivity index (χ0n) is 9.71. The molecular formula is C13H12BrF2NO. The molecule has 5 heteroatoms. The van der Waals surface area contributed by atoms with Crippen LogP contribution in [0.1, 0.15) is 24.3 Å². The third kappa shape index (κ3) is 2.79. The molecule has 1 N–H and O–H groups in total. The summed E-state index contributed by atoms with van der Waals surface area (Å²) in [5, 5.41) is 3.08. The summed E-state index contributed by atoms with van der Waals surface area (Å²) in [7, 11) is 0. The molecule has 1 unspecified atom stereocenters. The molecule has 0 aliphatic heterocycles. The number of hydrogen-bond acceptors (Lipinski definition) is 2. The van der Waals surface area contributed by atoms with Gasteiger partial charge in [0.25, 0.3) is 0 Å². The fraction of sp³-hybridized carbons (Fsp3) is 0.231. The second-order valence-electron chi connectivity index (χ2n) is 3.80. The molecule has 1 atom stereocenters. The minimum Gasteiger partial charge on any atom is -0.452 e. The van der Waals surface area contributed by atoms with E-state index in [-0.39, 0.29) is 5.56 Å². The first-order valence-electron chi connectivity index (χ1n) is 5.55. The summed E-state index contributed by atoms with van der Waals surface area (Å²) < 4.78 is 33.0. The predicted octanol–water partition coefficient (Wildman–Crippen LogP) is 4.02. The molecule has 2 nitrogen and oxygen atoms in total. The Bertz CT molecular complexity index is 542. The maximum absolute atomic E-state index is 13.8. The summed E-state index contributed by atoms with van der Waals surface area (Å²) in [4.78, 5) is 0. The van der Waals surface area contributed by atoms with Gasteiger partial charge in [0.05, 0.1) is 6.04 Å². The maximum atomic E-state index is 13.8. The van der Waals surface area contributed by atoms with Gasteiger partial charge in [0.15, 0.2) is 4.67 Å². The molecule has 0 radical (unpaired) electrons. The Labute approximate surface area is 112 Å². The van der Waals surface area contributed by atoms with Gasteiger partial charge in [0.2, 0.25) is 0 Å². The van der Waals surface area contributed by atoms with Crippen LogP contribution in [-0.2, 0) is 0 Å². The lowest BCUT2D eigenvalue weighted by atomic mass is 10.0. The second kappa shape index (κ2) is 5.63. The van der Waals surface area contributed by atoms with Crippen LogP contribution >= 0.6 is 15.9 Å². The highest BCUT2D eigenvalue weighted by Gasteiger charge is 2.20. The Balaban J connectivity index is 2.44. The summed E-state index contributed by atoms with van der Waals surface area (Å²) in [6.45, 7) is 2.50. The molecule has 1 heterocycles. The molecule has 0 fully saturated rings. The van der Waals surface area contributed by atoms with Crippen LogP contribution in [0.25, 0.3) is 0 Å². The average molecular weight is 316 g/mol. The Morgan fingerprint density at radius 3 is 2.67 bits per heavy atom. The quantitative estimate of drug-likeness (QED) is 0.922. The van der Waals surface area contributed by atoms with Gasteiger partial charge in [0, 0.05) is 5.56 Å². The Morgan fingerprint density at radius 2 is 2.06 bits per heavy atom. The normalized spacial score (nSPS) is 12.7. The smallest absolute Gasteiger partial charge is 0.169 e. The van der Waals surface area contributed by atoms with E-state index in [1.807, 2.05) is 6.92 Å². The Kier molecular flexibility index (Phi) is 4.14. The van der Waals surface area contributed by atoms with E-state index >= 15 is 0 Å². The highest BCUT2D eigenvalue weighted by Crippen LogP contribution is 2.28. The number of hydrogen-bond donors (Lipinski definition) is 1. The van der Waals surface area contributed by atoms with E-state index in [0.717, 1.165) is 12.1 Å². The van der Waals surface area contributed by atoms with Crippen LogP contribution in [0.2, 0.25) is 0 Å². The van der Waals surface area contributed by atoms with Crippen LogP contribution in [0.4, 0.5) is 8.78 Å². The van der Waals surface area contributed by atoms with Gasteiger partial charge in [-0.05, 0) is 52.8 Å². The lowest BCUT2D eigenvalue weighted by molar-refractivity contribution is 0.427. The molecule has 0 amide bonds. The van der Waals surface area contributed by atoms with Crippen molar-refractivity contribution < 1.29 is 13.2 Å². The SMILES string of the molecule is CCNC(c1ccc(Br)o1)c1cc(F)ccc1F. The summed E-state index contributed by atoms with van der Waals surface area (Å²) in [5.41, 5.74) is 0.235. The lowest BCUT2D eigenvalue weighted by Gasteiger charge is -2.16. The van der Waals surface area contributed by atoms with E-state index in [9.17, 15) is 8.78 Å². The minimum atomic E-state index is -0.503. The average Bonchev–Trinajstić information content (AvgIpc) is 2.76. The number of benzene rings is 1. The lowest BCUT2D eigenvalue weighted by Crippen LogP contribution is -2.22. The van der Waals surface area contributed by atoms with Crippen molar-refractivity contribution in [1.82, 2.24) is 5.32 Å². The van der Waals surface area contributed by atoms with Crippen LogP contribution in [0.3, 0.4) is 0 Å². The first kappa shape index (κ1) is 13.2. The van der Waals surface area contributed by atoms with Gasteiger partial charge in [-0.15, -0.1) is 0 Å². The molecule has 18 heavy (non-hydrogen) atoms. The van der Waals surface area contributed by atoms with Crippen molar-refractivity contribution in [3.63, 3.8) is 0 Å². The van der Waals surface area contributed by atoms with Crippen LogP contribution in [0, 0.1) is 11.6 Å². The maximum Gasteiger partial charge on any atom is 0.169 e. The van der Waals surface area contributed by atoms with Crippen LogP contribution in [-0.4, -0.2) is 6.54 Å². The highest BCUT2D eigenvalue weighted by atomic mass is 79.9. The number of halogens is 3. The summed E-state index contributed by atoms with van der Waals surface area (Å²) in [6.07, 6.45) is 0. The molecule has 1 aromatic heterocycles. The number of nitrogens with one attached hydrogen (secondary N) is 1. The van der Waals surface area contributed by atoms with Gasteiger partial charge in [-0.2, -0.15) is 0 Å². The molecule has 2 rings (SSSR count). The van der Waals surface area contributed by atoms with Gasteiger partial charge in [0.1, 0.15) is 17.4 Å². The molecular weight excluding hydrogens is 304 g/mol. The first-order valence-corrected chi connectivity index (χ1v) is 6.34. The van der Waals surface area contributed by atoms with Crippen molar-refractivity contribution in [2.24, 2.45) is 0 Å². The van der Waals surface area contributed by atoms with E-state index in [1.54, 1.807) is 12.1 Å². The van der Waals surface area contributed by atoms with E-state index in [0.29, 0.717) is 17.0 Å². The fourth-order valence-corrected chi connectivity index (χ4v) is 2.11. The number of furan rings is 1. The van der Waals surface area contributed by atoms with Gasteiger partial charge >= 0.3 is 0 Å². The van der Waals surface area contributed by atoms with Crippen LogP contribution in [0.5, 0.6) is 0 Å². The topological polar surface area (TPSA) is 25.2 Å². The molecule has 0 saturated carbocycles. The molecule has 1 aromatic carbocycles. The minimum absolute atomic E-state index is 0.235. The van der Waals surface area contributed by atoms with Crippen molar-refractivity contribution in [2.75, 3.05) is 6.54 Å². The zero-order valence-corrected chi connectivity index (χ0v) is 11.3. The Hall–Kier alpha value is -1.20. The third-order valence-corrected chi connectivity index (χ3v) is 2.98. The monoisotopic (exact) mass is 315 g/mol. The second-order valence-corrected chi connectivity index (χ2v) is 4.58. The van der Waals surface area contributed by atoms with E-state index in [1.165, 1.54) is 6.07 Å². The molecule has 0 spiro atoms. The van der Waals surface area contributed by atoms with Crippen molar-refractivity contribution in [3.8, 4) is 0 Å². The van der Waals surface area contributed by atoms with Gasteiger partial charge in [-0.25, -0.2) is 8.78 Å². The molecule has 0 aliphatic carbocycles. The van der Waals surface area contributed by atoms with Crippen molar-refractivity contribution >= 4 is 15.9 Å². The third-order valence-electron chi connectivity index (χ3n) is 2.56. The Morgan fingerprint density at radius 1 is 1.28 bits per heavy atom. The van der Waals surface area contributed by atoms with Gasteiger partial charge in [-0.3, -0.25) is 0 Å². The van der Waals surface area contributed by atoms with Gasteiger partial charge in [-0.1, -0.05) is 6.92 Å². The molecule has 96 valence electrons. The van der Waals surface area contributed by atoms with E-state index in [2.05, 4.69) is 21.2 Å². The highest BCUT2D eigenvalue weighted by molar-refractivity contribution is 9.10. The zero-order chi connectivity index (χ0) is 13.1. The summed E-state index contributed by atoms with van der Waals surface area (Å²) >= 11 is 3.19. The first-order chi connectivity index (χ1) is 8.61. The predicted molar refractivity (Wildman–Crippen MR) is 68.3 cm³/mol. The van der Waals surface area contributed by atoms with Crippen molar-refractivity contribution in [1.29, 1.82) is 0 Å². The van der Waals surface area contributed by atoms with Crippen LogP contribution in [0.15, 0.2) is 39.4 Å². The van der Waals surface area contributed by atoms with E-state index < -0.39 is 17.7 Å². The van der Waals surface area contributed by atoms with Crippen molar-refractivity contribution in [2.45, 2.75) is 13.0 Å². The molecule has 0 saturated heterocycles.